The van der Waals surface area contributed by atoms with Gasteiger partial charge in [0, 0.05) is 10.8 Å². The molecule has 0 N–H and O–H groups in total. The lowest BCUT2D eigenvalue weighted by atomic mass is 9.76. The van der Waals surface area contributed by atoms with Gasteiger partial charge in [-0.25, -0.2) is 0 Å². The van der Waals surface area contributed by atoms with Crippen molar-refractivity contribution in [3.8, 4) is 112 Å². The second-order valence-electron chi connectivity index (χ2n) is 33.0. The molecular formula is C115H84OS. The third kappa shape index (κ3) is 11.9. The summed E-state index contributed by atoms with van der Waals surface area (Å²) in [5, 5.41) is 18.1. The minimum Gasteiger partial charge on any atom is -0.455 e. The van der Waals surface area contributed by atoms with Gasteiger partial charge in [0.25, 0.3) is 0 Å². The van der Waals surface area contributed by atoms with Crippen molar-refractivity contribution in [2.45, 2.75) is 69.1 Å². The van der Waals surface area contributed by atoms with Gasteiger partial charge in [-0.3, -0.25) is 0 Å². The second kappa shape index (κ2) is 28.4. The summed E-state index contributed by atoms with van der Waals surface area (Å²) < 4.78 is 6.41. The summed E-state index contributed by atoms with van der Waals surface area (Å²) in [6, 6.07) is 140. The van der Waals surface area contributed by atoms with Gasteiger partial charge in [-0.1, -0.05) is 408 Å². The third-order valence-electron chi connectivity index (χ3n) is 25.1. The largest absolute Gasteiger partial charge is 0.455 e. The van der Waals surface area contributed by atoms with Gasteiger partial charge in [-0.05, 0) is 249 Å². The van der Waals surface area contributed by atoms with Crippen molar-refractivity contribution in [3.63, 3.8) is 0 Å². The van der Waals surface area contributed by atoms with E-state index in [1.807, 2.05) is 12.1 Å². The number of ether oxygens (including phenoxy) is 1. The van der Waals surface area contributed by atoms with Crippen molar-refractivity contribution >= 4 is 87.2 Å². The Labute approximate surface area is 688 Å². The van der Waals surface area contributed by atoms with Crippen LogP contribution in [0, 0.1) is 20.8 Å². The molecule has 23 rings (SSSR count). The predicted octanol–water partition coefficient (Wildman–Crippen LogP) is 32.6. The first kappa shape index (κ1) is 71.2. The Hall–Kier alpha value is -13.6. The summed E-state index contributed by atoms with van der Waals surface area (Å²) in [6.45, 7) is 16.1. The van der Waals surface area contributed by atoms with Crippen LogP contribution in [0.15, 0.2) is 392 Å². The molecule has 0 bridgehead atoms. The molecule has 0 saturated carbocycles. The Kier molecular flexibility index (Phi) is 17.3. The van der Waals surface area contributed by atoms with Gasteiger partial charge in [0.1, 0.15) is 11.5 Å². The van der Waals surface area contributed by atoms with Crippen LogP contribution in [0.2, 0.25) is 0 Å². The standard InChI is InChI=1S/C40H30.C39H26OS.C36H28/c1-25-19-22-32-35(23-25)38(34-17-10-16-33-29-13-8-9-18-36(29)40(2,3)39(33)34)31-15-7-6-14-30(31)37(32)28-21-20-26-11-4-5-12-27(26)24-28;1-25-15-21-32-33(23-25)39(29-20-22-37-35(24-29)40-34-13-7-8-14-36(34)41-37)31-12-6-5-11-30(31)38(32)28-18-16-27(17-19-28)26-9-3-2-4-10-26;1-23-20-21-28-31(22-23)34(27-16-8-7-15-26(27)33(28)24-12-5-4-6-13-24)30-18-11-17-29-25-14-9-10-19-32(25)36(2,3)35(29)30/h4-24H,1-3H3;2-24H,1H3;4-22H,1-3H3. The van der Waals surface area contributed by atoms with Crippen LogP contribution in [0.3, 0.4) is 0 Å². The molecule has 2 aliphatic carbocycles. The lowest BCUT2D eigenvalue weighted by molar-refractivity contribution is 0.455. The molecule has 1 nitrogen and oxygen atoms in total. The maximum atomic E-state index is 6.41. The number of benzene rings is 20. The molecule has 0 atom stereocenters. The molecule has 2 heteroatoms. The average Bonchev–Trinajstić information content (AvgIpc) is 1.64. The monoisotopic (exact) mass is 1510 g/mol. The van der Waals surface area contributed by atoms with E-state index in [-0.39, 0.29) is 10.8 Å². The zero-order valence-corrected chi connectivity index (χ0v) is 67.5. The summed E-state index contributed by atoms with van der Waals surface area (Å²) >= 11 is 1.77. The third-order valence-corrected chi connectivity index (χ3v) is 26.3. The van der Waals surface area contributed by atoms with E-state index in [0.29, 0.717) is 0 Å². The maximum absolute atomic E-state index is 6.41. The van der Waals surface area contributed by atoms with E-state index in [1.165, 1.54) is 214 Å². The Morgan fingerprint density at radius 3 is 1.06 bits per heavy atom. The van der Waals surface area contributed by atoms with Crippen LogP contribution < -0.4 is 4.74 Å². The van der Waals surface area contributed by atoms with Crippen LogP contribution in [-0.2, 0) is 10.8 Å². The Morgan fingerprint density at radius 2 is 0.538 bits per heavy atom. The summed E-state index contributed by atoms with van der Waals surface area (Å²) in [5.41, 5.74) is 32.7. The second-order valence-corrected chi connectivity index (χ2v) is 34.1. The van der Waals surface area contributed by atoms with Crippen molar-refractivity contribution < 1.29 is 4.74 Å². The molecule has 0 aromatic heterocycles. The first-order valence-corrected chi connectivity index (χ1v) is 41.7. The van der Waals surface area contributed by atoms with Crippen LogP contribution in [0.1, 0.15) is 66.6 Å². The lowest BCUT2D eigenvalue weighted by Gasteiger charge is -2.26. The fourth-order valence-corrected chi connectivity index (χ4v) is 20.8. The SMILES string of the molecule is Cc1ccc2c(-c3ccc(-c4ccccc4)cc3)c3ccccc3c(-c3ccc4c(c3)Oc3ccccc3S4)c2c1.Cc1ccc2c(-c3ccc4ccccc4c3)c3ccccc3c(-c3cccc4c3C(C)(C)c3ccccc3-4)c2c1.Cc1ccc2c(-c3ccccc3)c3ccccc3c(-c3cccc4c3C(C)(C)c3ccccc3-4)c2c1. The fraction of sp³-hybridized carbons (Fsp3) is 0.0783. The van der Waals surface area contributed by atoms with Crippen molar-refractivity contribution in [2.75, 3.05) is 0 Å². The fourth-order valence-electron chi connectivity index (χ4n) is 19.9. The zero-order chi connectivity index (χ0) is 78.8. The van der Waals surface area contributed by atoms with Gasteiger partial charge in [-0.2, -0.15) is 0 Å². The maximum Gasteiger partial charge on any atom is 0.142 e. The number of rotatable bonds is 7. The molecular weight excluding hydrogens is 1430 g/mol. The molecule has 0 unspecified atom stereocenters. The van der Waals surface area contributed by atoms with E-state index in [1.54, 1.807) is 11.8 Å². The first-order valence-electron chi connectivity index (χ1n) is 40.9. The van der Waals surface area contributed by atoms with E-state index < -0.39 is 0 Å². The normalized spacial score (nSPS) is 13.1. The Bertz CT molecular complexity index is 7450. The van der Waals surface area contributed by atoms with Gasteiger partial charge < -0.3 is 4.74 Å². The average molecular weight is 1510 g/mol. The Balaban J connectivity index is 0.000000110. The number of aryl methyl sites for hydroxylation is 3. The number of para-hydroxylation sites is 1. The van der Waals surface area contributed by atoms with E-state index in [4.69, 9.17) is 4.74 Å². The van der Waals surface area contributed by atoms with Gasteiger partial charge >= 0.3 is 0 Å². The summed E-state index contributed by atoms with van der Waals surface area (Å²) in [4.78, 5) is 2.30. The quantitative estimate of drug-likeness (QED) is 0.147. The molecule has 1 heterocycles. The minimum absolute atomic E-state index is 0.0716. The lowest BCUT2D eigenvalue weighted by Crippen LogP contribution is -2.16. The van der Waals surface area contributed by atoms with Crippen molar-refractivity contribution in [2.24, 2.45) is 0 Å². The zero-order valence-electron chi connectivity index (χ0n) is 66.7. The van der Waals surface area contributed by atoms with Crippen LogP contribution in [0.5, 0.6) is 11.5 Å². The van der Waals surface area contributed by atoms with Crippen molar-refractivity contribution in [1.82, 2.24) is 0 Å². The van der Waals surface area contributed by atoms with E-state index in [9.17, 15) is 0 Å². The number of hydrogen-bond donors (Lipinski definition) is 0. The molecule has 0 radical (unpaired) electrons. The van der Waals surface area contributed by atoms with Gasteiger partial charge in [0.15, 0.2) is 0 Å². The van der Waals surface area contributed by atoms with Crippen LogP contribution >= 0.6 is 11.8 Å². The molecule has 20 aromatic rings. The van der Waals surface area contributed by atoms with E-state index >= 15 is 0 Å². The van der Waals surface area contributed by atoms with Gasteiger partial charge in [0.2, 0.25) is 0 Å². The van der Waals surface area contributed by atoms with Gasteiger partial charge in [-0.15, -0.1) is 0 Å². The topological polar surface area (TPSA) is 9.23 Å². The highest BCUT2D eigenvalue weighted by atomic mass is 32.2. The molecule has 1 aliphatic heterocycles. The predicted molar refractivity (Wildman–Crippen MR) is 500 cm³/mol. The van der Waals surface area contributed by atoms with Crippen LogP contribution in [-0.4, -0.2) is 0 Å². The molecule has 20 aromatic carbocycles. The van der Waals surface area contributed by atoms with Crippen LogP contribution in [0.25, 0.3) is 176 Å². The van der Waals surface area contributed by atoms with E-state index in [2.05, 4.69) is 419 Å². The van der Waals surface area contributed by atoms with Crippen molar-refractivity contribution in [1.29, 1.82) is 0 Å². The highest BCUT2D eigenvalue weighted by Crippen LogP contribution is 2.58. The molecule has 3 aliphatic rings. The van der Waals surface area contributed by atoms with Crippen LogP contribution in [0.4, 0.5) is 0 Å². The summed E-state index contributed by atoms with van der Waals surface area (Å²) in [7, 11) is 0. The summed E-state index contributed by atoms with van der Waals surface area (Å²) in [5.74, 6) is 1.83. The number of fused-ring (bicyclic) bond motifs is 15. The smallest absolute Gasteiger partial charge is 0.142 e. The van der Waals surface area contributed by atoms with E-state index in [0.717, 1.165) is 21.3 Å². The molecule has 0 spiro atoms. The highest BCUT2D eigenvalue weighted by Gasteiger charge is 2.40. The minimum atomic E-state index is -0.0865. The molecule has 556 valence electrons. The highest BCUT2D eigenvalue weighted by molar-refractivity contribution is 7.99. The van der Waals surface area contributed by atoms with Gasteiger partial charge in [0.05, 0.1) is 9.79 Å². The molecule has 0 fully saturated rings. The summed E-state index contributed by atoms with van der Waals surface area (Å²) in [6.07, 6.45) is 0. The molecule has 117 heavy (non-hydrogen) atoms. The Morgan fingerprint density at radius 1 is 0.205 bits per heavy atom. The molecule has 0 saturated heterocycles. The number of hydrogen-bond acceptors (Lipinski definition) is 2. The molecule has 0 amide bonds. The van der Waals surface area contributed by atoms with Crippen molar-refractivity contribution in [3.05, 3.63) is 421 Å². The first-order chi connectivity index (χ1) is 57.3.